The van der Waals surface area contributed by atoms with Gasteiger partial charge in [-0.25, -0.2) is 0 Å². The molecule has 0 saturated heterocycles. The van der Waals surface area contributed by atoms with Crippen LogP contribution in [0.1, 0.15) is 70.3 Å². The van der Waals surface area contributed by atoms with Crippen molar-refractivity contribution in [2.45, 2.75) is 70.3 Å². The quantitative estimate of drug-likeness (QED) is 0.306. The van der Waals surface area contributed by atoms with E-state index in [-0.39, 0.29) is 24.2 Å². The average Bonchev–Trinajstić information content (AvgIpc) is 3.20. The van der Waals surface area contributed by atoms with Gasteiger partial charge >= 0.3 is 5.97 Å². The van der Waals surface area contributed by atoms with Crippen molar-refractivity contribution in [2.75, 3.05) is 32.7 Å². The molecule has 4 aliphatic carbocycles. The van der Waals surface area contributed by atoms with Crippen LogP contribution in [0.15, 0.2) is 52.2 Å². The first-order valence-corrected chi connectivity index (χ1v) is 13.8. The molecule has 0 spiro atoms. The fourth-order valence-electron chi connectivity index (χ4n) is 8.22. The number of ether oxygens (including phenoxy) is 2. The van der Waals surface area contributed by atoms with Crippen LogP contribution >= 0.6 is 0 Å². The molecule has 7 nitrogen and oxygen atoms in total. The van der Waals surface area contributed by atoms with E-state index in [9.17, 15) is 14.8 Å². The zero-order chi connectivity index (χ0) is 27.2. The van der Waals surface area contributed by atoms with E-state index in [4.69, 9.17) is 9.47 Å². The van der Waals surface area contributed by atoms with Gasteiger partial charge in [0.05, 0.1) is 5.71 Å². The number of hydrogen-bond donors (Lipinski definition) is 1. The predicted octanol–water partition coefficient (Wildman–Crippen LogP) is 5.43. The van der Waals surface area contributed by atoms with E-state index >= 15 is 0 Å². The SMILES string of the molecule is COCC(=O)[C@@]1(OC(C)=O)CC[C@H]2[C@@H]3CCC4=C/C(=N\O)CCC4=C3[C@@H](c3ccc(N(C)C)cc3)C[C@@]21C. The Hall–Kier alpha value is -2.93. The molecule has 1 N–H and O–H groups in total. The molecular formula is C31H40N2O5. The second kappa shape index (κ2) is 9.99. The van der Waals surface area contributed by atoms with Crippen molar-refractivity contribution in [3.05, 3.63) is 52.6 Å². The second-order valence-corrected chi connectivity index (χ2v) is 11.9. The minimum atomic E-state index is -1.18. The Balaban J connectivity index is 1.68. The number of anilines is 1. The summed E-state index contributed by atoms with van der Waals surface area (Å²) in [5.74, 6) is 0.101. The standard InChI is InChI=1S/C31H40N2O5/c1-19(34)38-31(28(35)18-37-5)15-14-27-25-12-8-21-16-22(32-36)9-13-24(21)29(25)26(17-30(27,31)2)20-6-10-23(11-7-20)33(3)4/h6-7,10-11,16,25-27,36H,8-9,12-15,17-18H2,1-5H3/b32-22-/t25-,26+,27-,30-,31-/m0/s1. The largest absolute Gasteiger partial charge is 0.451 e. The van der Waals surface area contributed by atoms with Crippen LogP contribution in [-0.4, -0.2) is 56.1 Å². The smallest absolute Gasteiger partial charge is 0.303 e. The summed E-state index contributed by atoms with van der Waals surface area (Å²) >= 11 is 0. The third-order valence-electron chi connectivity index (χ3n) is 9.85. The van der Waals surface area contributed by atoms with Gasteiger partial charge in [-0.05, 0) is 91.7 Å². The van der Waals surface area contributed by atoms with Crippen molar-refractivity contribution < 1.29 is 24.3 Å². The van der Waals surface area contributed by atoms with Crippen LogP contribution in [0.3, 0.4) is 0 Å². The Morgan fingerprint density at radius 2 is 1.87 bits per heavy atom. The number of allylic oxidation sites excluding steroid dienone is 4. The van der Waals surface area contributed by atoms with Gasteiger partial charge in [-0.2, -0.15) is 0 Å². The first-order chi connectivity index (χ1) is 18.1. The number of esters is 1. The molecular weight excluding hydrogens is 480 g/mol. The first-order valence-electron chi connectivity index (χ1n) is 13.8. The fraction of sp³-hybridized carbons (Fsp3) is 0.581. The van der Waals surface area contributed by atoms with Crippen molar-refractivity contribution in [1.29, 1.82) is 0 Å². The van der Waals surface area contributed by atoms with Gasteiger partial charge in [-0.15, -0.1) is 0 Å². The van der Waals surface area contributed by atoms with Crippen molar-refractivity contribution in [2.24, 2.45) is 22.4 Å². The summed E-state index contributed by atoms with van der Waals surface area (Å²) < 4.78 is 11.4. The summed E-state index contributed by atoms with van der Waals surface area (Å²) in [4.78, 5) is 28.3. The summed E-state index contributed by atoms with van der Waals surface area (Å²) in [5, 5.41) is 12.9. The number of carbonyl (C=O) groups is 2. The molecule has 2 saturated carbocycles. The Kier molecular flexibility index (Phi) is 7.01. The molecule has 0 aliphatic heterocycles. The minimum Gasteiger partial charge on any atom is -0.451 e. The van der Waals surface area contributed by atoms with Gasteiger partial charge in [-0.1, -0.05) is 29.8 Å². The highest BCUT2D eigenvalue weighted by Crippen LogP contribution is 2.67. The maximum atomic E-state index is 13.7. The highest BCUT2D eigenvalue weighted by Gasteiger charge is 2.68. The Labute approximate surface area is 225 Å². The van der Waals surface area contributed by atoms with Crippen molar-refractivity contribution >= 4 is 23.2 Å². The Bertz CT molecular complexity index is 1210. The predicted molar refractivity (Wildman–Crippen MR) is 147 cm³/mol. The van der Waals surface area contributed by atoms with Crippen LogP contribution in [0.4, 0.5) is 5.69 Å². The lowest BCUT2D eigenvalue weighted by Crippen LogP contribution is -2.58. The van der Waals surface area contributed by atoms with E-state index < -0.39 is 17.0 Å². The number of nitrogens with zero attached hydrogens (tertiary/aromatic N) is 2. The lowest BCUT2D eigenvalue weighted by molar-refractivity contribution is -0.185. The van der Waals surface area contributed by atoms with Gasteiger partial charge in [0.1, 0.15) is 6.61 Å². The van der Waals surface area contributed by atoms with Gasteiger partial charge in [0.15, 0.2) is 5.60 Å². The molecule has 0 bridgehead atoms. The summed E-state index contributed by atoms with van der Waals surface area (Å²) in [5.41, 5.74) is 5.59. The fourth-order valence-corrected chi connectivity index (χ4v) is 8.22. The maximum absolute atomic E-state index is 13.7. The summed E-state index contributed by atoms with van der Waals surface area (Å²) in [6, 6.07) is 8.75. The molecule has 204 valence electrons. The molecule has 7 heteroatoms. The van der Waals surface area contributed by atoms with Gasteiger partial charge in [0, 0.05) is 45.1 Å². The van der Waals surface area contributed by atoms with E-state index in [1.165, 1.54) is 36.3 Å². The third kappa shape index (κ3) is 4.10. The average molecular weight is 521 g/mol. The number of carbonyl (C=O) groups excluding carboxylic acids is 2. The van der Waals surface area contributed by atoms with Gasteiger partial charge < -0.3 is 19.6 Å². The van der Waals surface area contributed by atoms with Crippen molar-refractivity contribution in [3.63, 3.8) is 0 Å². The molecule has 1 aromatic carbocycles. The summed E-state index contributed by atoms with van der Waals surface area (Å²) in [6.07, 6.45) is 7.67. The zero-order valence-corrected chi connectivity index (χ0v) is 23.3. The number of benzene rings is 1. The number of oxime groups is 1. The highest BCUT2D eigenvalue weighted by molar-refractivity contribution is 5.97. The highest BCUT2D eigenvalue weighted by atomic mass is 16.6. The molecule has 5 atom stereocenters. The molecule has 4 aliphatic rings. The molecule has 1 aromatic rings. The van der Waals surface area contributed by atoms with Crippen LogP contribution in [0.25, 0.3) is 0 Å². The molecule has 2 fully saturated rings. The molecule has 0 unspecified atom stereocenters. The third-order valence-corrected chi connectivity index (χ3v) is 9.85. The zero-order valence-electron chi connectivity index (χ0n) is 23.3. The molecule has 0 aromatic heterocycles. The van der Waals surface area contributed by atoms with E-state index in [0.29, 0.717) is 12.3 Å². The molecule has 5 rings (SSSR count). The van der Waals surface area contributed by atoms with Crippen molar-refractivity contribution in [3.8, 4) is 0 Å². The number of ketones is 1. The number of fused-ring (bicyclic) bond motifs is 4. The number of rotatable bonds is 6. The van der Waals surface area contributed by atoms with Crippen molar-refractivity contribution in [1.82, 2.24) is 0 Å². The number of methoxy groups -OCH3 is 1. The van der Waals surface area contributed by atoms with Gasteiger partial charge in [-0.3, -0.25) is 9.59 Å². The number of hydrogen-bond acceptors (Lipinski definition) is 7. The Morgan fingerprint density at radius 1 is 1.13 bits per heavy atom. The maximum Gasteiger partial charge on any atom is 0.303 e. The minimum absolute atomic E-state index is 0.0629. The topological polar surface area (TPSA) is 88.4 Å². The van der Waals surface area contributed by atoms with E-state index in [1.807, 2.05) is 14.1 Å². The van der Waals surface area contributed by atoms with Crippen LogP contribution in [0, 0.1) is 17.3 Å². The van der Waals surface area contributed by atoms with Gasteiger partial charge in [0.2, 0.25) is 5.78 Å². The molecule has 0 radical (unpaired) electrons. The Morgan fingerprint density at radius 3 is 2.50 bits per heavy atom. The van der Waals surface area contributed by atoms with Crippen LogP contribution in [-0.2, 0) is 19.1 Å². The van der Waals surface area contributed by atoms with Crippen LogP contribution < -0.4 is 4.90 Å². The molecule has 0 amide bonds. The first kappa shape index (κ1) is 26.7. The van der Waals surface area contributed by atoms with Gasteiger partial charge in [0.25, 0.3) is 0 Å². The lowest BCUT2D eigenvalue weighted by Gasteiger charge is -2.55. The molecule has 0 heterocycles. The second-order valence-electron chi connectivity index (χ2n) is 11.9. The van der Waals surface area contributed by atoms with E-state index in [0.717, 1.165) is 49.9 Å². The lowest BCUT2D eigenvalue weighted by atomic mass is 9.50. The van der Waals surface area contributed by atoms with E-state index in [2.05, 4.69) is 47.3 Å². The monoisotopic (exact) mass is 520 g/mol. The summed E-state index contributed by atoms with van der Waals surface area (Å²) in [7, 11) is 5.60. The molecule has 38 heavy (non-hydrogen) atoms. The normalized spacial score (nSPS) is 33.2. The summed E-state index contributed by atoms with van der Waals surface area (Å²) in [6.45, 7) is 3.53. The van der Waals surface area contributed by atoms with Crippen LogP contribution in [0.2, 0.25) is 0 Å². The number of Topliss-reactive ketones (excluding diaryl/α,β-unsaturated/α-hetero) is 1. The van der Waals surface area contributed by atoms with E-state index in [1.54, 1.807) is 0 Å². The van der Waals surface area contributed by atoms with Crippen LogP contribution in [0.5, 0.6) is 0 Å².